The van der Waals surface area contributed by atoms with Crippen molar-refractivity contribution in [1.82, 2.24) is 10.2 Å². The normalized spacial score (nSPS) is 15.3. The fourth-order valence-electron chi connectivity index (χ4n) is 3.91. The van der Waals surface area contributed by atoms with E-state index in [9.17, 15) is 4.79 Å². The predicted octanol–water partition coefficient (Wildman–Crippen LogP) is 4.17. The van der Waals surface area contributed by atoms with Crippen molar-refractivity contribution in [3.8, 4) is 16.9 Å². The van der Waals surface area contributed by atoms with Gasteiger partial charge in [0.25, 0.3) is 5.91 Å². The second-order valence-electron chi connectivity index (χ2n) is 7.59. The van der Waals surface area contributed by atoms with Crippen LogP contribution in [0.4, 0.5) is 0 Å². The molecule has 1 atom stereocenters. The summed E-state index contributed by atoms with van der Waals surface area (Å²) in [5.41, 5.74) is 4.06. The number of hydrogen-bond acceptors (Lipinski definition) is 4. The molecule has 1 saturated heterocycles. The standard InChI is InChI=1S/C26H28N2O3/c1-30-24-13-11-22(12-14-24)25(28-15-17-31-18-16-28)19-27-26(29)23-9-7-21(8-10-23)20-5-3-2-4-6-20/h2-14,25H,15-19H2,1H3,(H,27,29). The first-order valence-corrected chi connectivity index (χ1v) is 10.6. The van der Waals surface area contributed by atoms with E-state index < -0.39 is 0 Å². The Morgan fingerprint density at radius 1 is 0.935 bits per heavy atom. The van der Waals surface area contributed by atoms with Crippen molar-refractivity contribution in [3.05, 3.63) is 90.0 Å². The van der Waals surface area contributed by atoms with Crippen LogP contribution in [0.3, 0.4) is 0 Å². The molecule has 3 aromatic carbocycles. The minimum atomic E-state index is -0.0635. The van der Waals surface area contributed by atoms with Gasteiger partial charge in [-0.25, -0.2) is 0 Å². The van der Waals surface area contributed by atoms with Crippen molar-refractivity contribution in [1.29, 1.82) is 0 Å². The van der Waals surface area contributed by atoms with Crippen LogP contribution in [0.1, 0.15) is 22.0 Å². The first-order chi connectivity index (χ1) is 15.2. The fraction of sp³-hybridized carbons (Fsp3) is 0.269. The van der Waals surface area contributed by atoms with E-state index in [1.165, 1.54) is 0 Å². The van der Waals surface area contributed by atoms with Crippen LogP contribution in [0.2, 0.25) is 0 Å². The number of morpholine rings is 1. The summed E-state index contributed by atoms with van der Waals surface area (Å²) in [5, 5.41) is 3.13. The van der Waals surface area contributed by atoms with Gasteiger partial charge in [0.15, 0.2) is 0 Å². The highest BCUT2D eigenvalue weighted by atomic mass is 16.5. The molecule has 0 radical (unpaired) electrons. The Labute approximate surface area is 183 Å². The Morgan fingerprint density at radius 2 is 1.58 bits per heavy atom. The largest absolute Gasteiger partial charge is 0.497 e. The van der Waals surface area contributed by atoms with E-state index >= 15 is 0 Å². The monoisotopic (exact) mass is 416 g/mol. The first kappa shape index (κ1) is 21.1. The summed E-state index contributed by atoms with van der Waals surface area (Å²) >= 11 is 0. The summed E-state index contributed by atoms with van der Waals surface area (Å²) in [7, 11) is 1.66. The van der Waals surface area contributed by atoms with E-state index in [1.807, 2.05) is 54.6 Å². The highest BCUT2D eigenvalue weighted by molar-refractivity contribution is 5.94. The number of carbonyl (C=O) groups is 1. The second-order valence-corrected chi connectivity index (χ2v) is 7.59. The van der Waals surface area contributed by atoms with Crippen molar-refractivity contribution in [3.63, 3.8) is 0 Å². The zero-order chi connectivity index (χ0) is 21.5. The third-order valence-electron chi connectivity index (χ3n) is 5.70. The molecule has 4 rings (SSSR count). The zero-order valence-corrected chi connectivity index (χ0v) is 17.8. The quantitative estimate of drug-likeness (QED) is 0.628. The second kappa shape index (κ2) is 10.2. The van der Waals surface area contributed by atoms with Crippen molar-refractivity contribution in [2.24, 2.45) is 0 Å². The number of ether oxygens (including phenoxy) is 2. The molecule has 0 saturated carbocycles. The Hall–Kier alpha value is -3.15. The molecular formula is C26H28N2O3. The van der Waals surface area contributed by atoms with E-state index in [1.54, 1.807) is 7.11 Å². The van der Waals surface area contributed by atoms with Gasteiger partial charge in [-0.2, -0.15) is 0 Å². The lowest BCUT2D eigenvalue weighted by Gasteiger charge is -2.35. The van der Waals surface area contributed by atoms with Crippen molar-refractivity contribution in [2.45, 2.75) is 6.04 Å². The van der Waals surface area contributed by atoms with Crippen LogP contribution >= 0.6 is 0 Å². The SMILES string of the molecule is COc1ccc(C(CNC(=O)c2ccc(-c3ccccc3)cc2)N2CCOCC2)cc1. The topological polar surface area (TPSA) is 50.8 Å². The van der Waals surface area contributed by atoms with Gasteiger partial charge in [-0.05, 0) is 41.0 Å². The number of benzene rings is 3. The highest BCUT2D eigenvalue weighted by Crippen LogP contribution is 2.24. The number of nitrogens with zero attached hydrogens (tertiary/aromatic N) is 1. The molecule has 1 N–H and O–H groups in total. The van der Waals surface area contributed by atoms with Gasteiger partial charge in [0.05, 0.1) is 26.4 Å². The summed E-state index contributed by atoms with van der Waals surface area (Å²) in [4.78, 5) is 15.2. The maximum absolute atomic E-state index is 12.8. The van der Waals surface area contributed by atoms with E-state index in [0.717, 1.165) is 35.5 Å². The van der Waals surface area contributed by atoms with Crippen LogP contribution in [0, 0.1) is 0 Å². The number of nitrogens with one attached hydrogen (secondary N) is 1. The maximum atomic E-state index is 12.8. The minimum absolute atomic E-state index is 0.0635. The Bertz CT molecular complexity index is 966. The third-order valence-corrected chi connectivity index (χ3v) is 5.70. The van der Waals surface area contributed by atoms with Crippen molar-refractivity contribution in [2.75, 3.05) is 40.0 Å². The number of carbonyl (C=O) groups excluding carboxylic acids is 1. The zero-order valence-electron chi connectivity index (χ0n) is 17.8. The number of rotatable bonds is 7. The summed E-state index contributed by atoms with van der Waals surface area (Å²) in [5.74, 6) is 0.762. The van der Waals surface area contributed by atoms with Crippen molar-refractivity contribution < 1.29 is 14.3 Å². The summed E-state index contributed by atoms with van der Waals surface area (Å²) in [6, 6.07) is 26.1. The fourth-order valence-corrected chi connectivity index (χ4v) is 3.91. The average molecular weight is 417 g/mol. The maximum Gasteiger partial charge on any atom is 0.251 e. The molecule has 1 aliphatic rings. The molecule has 1 unspecified atom stereocenters. The number of amides is 1. The molecule has 1 aliphatic heterocycles. The molecule has 160 valence electrons. The van der Waals surface area contributed by atoms with Gasteiger partial charge in [0.2, 0.25) is 0 Å². The Balaban J connectivity index is 1.45. The van der Waals surface area contributed by atoms with Gasteiger partial charge < -0.3 is 14.8 Å². The summed E-state index contributed by atoms with van der Waals surface area (Å²) < 4.78 is 10.8. The van der Waals surface area contributed by atoms with Gasteiger partial charge in [0, 0.05) is 25.2 Å². The minimum Gasteiger partial charge on any atom is -0.497 e. The molecule has 1 heterocycles. The molecule has 0 aromatic heterocycles. The molecule has 1 fully saturated rings. The van der Waals surface area contributed by atoms with Crippen LogP contribution in [0.15, 0.2) is 78.9 Å². The lowest BCUT2D eigenvalue weighted by Crippen LogP contribution is -2.43. The smallest absolute Gasteiger partial charge is 0.251 e. The number of hydrogen-bond donors (Lipinski definition) is 1. The molecule has 0 bridgehead atoms. The first-order valence-electron chi connectivity index (χ1n) is 10.6. The summed E-state index contributed by atoms with van der Waals surface area (Å²) in [6.07, 6.45) is 0. The summed E-state index contributed by atoms with van der Waals surface area (Å²) in [6.45, 7) is 3.64. The van der Waals surface area contributed by atoms with Gasteiger partial charge in [-0.15, -0.1) is 0 Å². The molecule has 5 heteroatoms. The van der Waals surface area contributed by atoms with Crippen molar-refractivity contribution >= 4 is 5.91 Å². The Kier molecular flexibility index (Phi) is 6.97. The van der Waals surface area contributed by atoms with Crippen LogP contribution in [0.5, 0.6) is 5.75 Å². The molecule has 31 heavy (non-hydrogen) atoms. The van der Waals surface area contributed by atoms with Crippen LogP contribution in [-0.2, 0) is 4.74 Å². The predicted molar refractivity (Wildman–Crippen MR) is 122 cm³/mol. The van der Waals surface area contributed by atoms with Crippen LogP contribution in [0.25, 0.3) is 11.1 Å². The van der Waals surface area contributed by atoms with Crippen LogP contribution in [-0.4, -0.2) is 50.8 Å². The Morgan fingerprint density at radius 3 is 2.23 bits per heavy atom. The van der Waals surface area contributed by atoms with Gasteiger partial charge in [0.1, 0.15) is 5.75 Å². The lowest BCUT2D eigenvalue weighted by atomic mass is 10.0. The molecule has 1 amide bonds. The average Bonchev–Trinajstić information content (AvgIpc) is 2.86. The van der Waals surface area contributed by atoms with Crippen LogP contribution < -0.4 is 10.1 Å². The molecule has 3 aromatic rings. The van der Waals surface area contributed by atoms with E-state index in [0.29, 0.717) is 25.3 Å². The molecular weight excluding hydrogens is 388 g/mol. The lowest BCUT2D eigenvalue weighted by molar-refractivity contribution is 0.0162. The van der Waals surface area contributed by atoms with Gasteiger partial charge in [-0.3, -0.25) is 9.69 Å². The molecule has 5 nitrogen and oxygen atoms in total. The number of methoxy groups -OCH3 is 1. The van der Waals surface area contributed by atoms with E-state index in [2.05, 4.69) is 34.5 Å². The van der Waals surface area contributed by atoms with Gasteiger partial charge >= 0.3 is 0 Å². The molecule has 0 spiro atoms. The van der Waals surface area contributed by atoms with E-state index in [-0.39, 0.29) is 11.9 Å². The third kappa shape index (κ3) is 5.32. The van der Waals surface area contributed by atoms with Gasteiger partial charge in [-0.1, -0.05) is 54.6 Å². The van der Waals surface area contributed by atoms with E-state index in [4.69, 9.17) is 9.47 Å². The highest BCUT2D eigenvalue weighted by Gasteiger charge is 2.23. The molecule has 0 aliphatic carbocycles.